The van der Waals surface area contributed by atoms with Gasteiger partial charge in [-0.25, -0.2) is 0 Å². The van der Waals surface area contributed by atoms with E-state index in [1.165, 1.54) is 25.7 Å². The van der Waals surface area contributed by atoms with Gasteiger partial charge < -0.3 is 5.32 Å². The lowest BCUT2D eigenvalue weighted by molar-refractivity contribution is 0.427. The van der Waals surface area contributed by atoms with E-state index in [-0.39, 0.29) is 6.04 Å². The van der Waals surface area contributed by atoms with E-state index < -0.39 is 0 Å². The van der Waals surface area contributed by atoms with Gasteiger partial charge >= 0.3 is 0 Å². The second-order valence-corrected chi connectivity index (χ2v) is 5.27. The van der Waals surface area contributed by atoms with Crippen LogP contribution in [-0.4, -0.2) is 20.6 Å². The van der Waals surface area contributed by atoms with Crippen molar-refractivity contribution >= 4 is 5.65 Å². The molecule has 4 heteroatoms. The molecule has 0 aliphatic heterocycles. The average Bonchev–Trinajstić information content (AvgIpc) is 2.83. The van der Waals surface area contributed by atoms with E-state index in [0.717, 1.165) is 11.5 Å². The second kappa shape index (κ2) is 6.66. The van der Waals surface area contributed by atoms with Gasteiger partial charge in [0.05, 0.1) is 6.04 Å². The summed E-state index contributed by atoms with van der Waals surface area (Å²) in [6, 6.07) is 6.70. The molecule has 2 aromatic rings. The van der Waals surface area contributed by atoms with Crippen LogP contribution in [0.3, 0.4) is 0 Å². The molecule has 0 saturated carbocycles. The molecule has 0 bridgehead atoms. The predicted octanol–water partition coefficient (Wildman–Crippen LogP) is 3.35. The molecular weight excluding hydrogens is 236 g/mol. The number of hydrogen-bond acceptors (Lipinski definition) is 3. The van der Waals surface area contributed by atoms with Crippen molar-refractivity contribution in [3.05, 3.63) is 30.2 Å². The lowest BCUT2D eigenvalue weighted by Crippen LogP contribution is -2.30. The van der Waals surface area contributed by atoms with E-state index in [1.807, 2.05) is 24.4 Å². The number of nitrogens with zero attached hydrogens (tertiary/aromatic N) is 3. The average molecular weight is 260 g/mol. The molecule has 104 valence electrons. The van der Waals surface area contributed by atoms with Gasteiger partial charge in [0.2, 0.25) is 0 Å². The molecule has 2 atom stereocenters. The minimum atomic E-state index is 0.217. The van der Waals surface area contributed by atoms with Gasteiger partial charge in [-0.3, -0.25) is 4.40 Å². The monoisotopic (exact) mass is 260 g/mol. The summed E-state index contributed by atoms with van der Waals surface area (Å²) in [5.74, 6) is 0.984. The molecule has 4 nitrogen and oxygen atoms in total. The first-order valence-electron chi connectivity index (χ1n) is 7.28. The maximum Gasteiger partial charge on any atom is 0.160 e. The topological polar surface area (TPSA) is 42.2 Å². The summed E-state index contributed by atoms with van der Waals surface area (Å²) in [4.78, 5) is 0. The third-order valence-electron chi connectivity index (χ3n) is 3.50. The number of fused-ring (bicyclic) bond motifs is 1. The van der Waals surface area contributed by atoms with Crippen LogP contribution in [0.2, 0.25) is 0 Å². The van der Waals surface area contributed by atoms with Crippen molar-refractivity contribution in [2.75, 3.05) is 0 Å². The first kappa shape index (κ1) is 14.0. The van der Waals surface area contributed by atoms with Crippen LogP contribution in [0.1, 0.15) is 58.3 Å². The Morgan fingerprint density at radius 1 is 1.21 bits per heavy atom. The van der Waals surface area contributed by atoms with Crippen molar-refractivity contribution in [3.8, 4) is 0 Å². The Morgan fingerprint density at radius 2 is 2.05 bits per heavy atom. The van der Waals surface area contributed by atoms with Gasteiger partial charge in [-0.2, -0.15) is 0 Å². The summed E-state index contributed by atoms with van der Waals surface area (Å²) in [5.41, 5.74) is 0.907. The highest BCUT2D eigenvalue weighted by molar-refractivity contribution is 5.37. The number of aromatic nitrogens is 3. The summed E-state index contributed by atoms with van der Waals surface area (Å²) >= 11 is 0. The molecule has 2 heterocycles. The highest BCUT2D eigenvalue weighted by atomic mass is 15.3. The fraction of sp³-hybridized carbons (Fsp3) is 0.600. The molecule has 2 unspecified atom stereocenters. The van der Waals surface area contributed by atoms with E-state index in [1.54, 1.807) is 0 Å². The van der Waals surface area contributed by atoms with Gasteiger partial charge in [-0.15, -0.1) is 10.2 Å². The van der Waals surface area contributed by atoms with Crippen LogP contribution in [0, 0.1) is 0 Å². The molecule has 19 heavy (non-hydrogen) atoms. The van der Waals surface area contributed by atoms with Crippen molar-refractivity contribution in [3.63, 3.8) is 0 Å². The molecule has 2 rings (SSSR count). The van der Waals surface area contributed by atoms with Gasteiger partial charge in [0.1, 0.15) is 0 Å². The first-order chi connectivity index (χ1) is 9.22. The lowest BCUT2D eigenvalue weighted by Gasteiger charge is -2.18. The quantitative estimate of drug-likeness (QED) is 0.776. The summed E-state index contributed by atoms with van der Waals surface area (Å²) in [5, 5.41) is 12.1. The van der Waals surface area contributed by atoms with Crippen molar-refractivity contribution in [1.29, 1.82) is 0 Å². The van der Waals surface area contributed by atoms with Crippen LogP contribution >= 0.6 is 0 Å². The molecule has 0 saturated heterocycles. The van der Waals surface area contributed by atoms with Crippen LogP contribution in [0.15, 0.2) is 24.4 Å². The molecule has 0 fully saturated rings. The fourth-order valence-electron chi connectivity index (χ4n) is 2.44. The molecule has 1 N–H and O–H groups in total. The van der Waals surface area contributed by atoms with Crippen LogP contribution in [-0.2, 0) is 0 Å². The Labute approximate surface area is 115 Å². The minimum Gasteiger partial charge on any atom is -0.305 e. The Bertz CT molecular complexity index is 506. The molecular formula is C15H24N4. The maximum absolute atomic E-state index is 4.30. The fourth-order valence-corrected chi connectivity index (χ4v) is 2.44. The lowest BCUT2D eigenvalue weighted by atomic mass is 10.1. The third kappa shape index (κ3) is 3.53. The predicted molar refractivity (Wildman–Crippen MR) is 78.1 cm³/mol. The van der Waals surface area contributed by atoms with E-state index in [0.29, 0.717) is 6.04 Å². The maximum atomic E-state index is 4.30. The van der Waals surface area contributed by atoms with Gasteiger partial charge in [-0.1, -0.05) is 32.3 Å². The molecule has 2 aromatic heterocycles. The van der Waals surface area contributed by atoms with Crippen molar-refractivity contribution < 1.29 is 0 Å². The van der Waals surface area contributed by atoms with Crippen molar-refractivity contribution in [2.45, 2.75) is 58.5 Å². The van der Waals surface area contributed by atoms with Crippen molar-refractivity contribution in [1.82, 2.24) is 19.9 Å². The van der Waals surface area contributed by atoms with Crippen LogP contribution < -0.4 is 5.32 Å². The summed E-state index contributed by atoms with van der Waals surface area (Å²) in [6.45, 7) is 6.64. The zero-order valence-corrected chi connectivity index (χ0v) is 12.1. The molecule has 0 aromatic carbocycles. The van der Waals surface area contributed by atoms with Crippen molar-refractivity contribution in [2.24, 2.45) is 0 Å². The van der Waals surface area contributed by atoms with Crippen LogP contribution in [0.25, 0.3) is 5.65 Å². The number of unbranched alkanes of at least 4 members (excludes halogenated alkanes) is 2. The minimum absolute atomic E-state index is 0.217. The van der Waals surface area contributed by atoms with Gasteiger partial charge in [0, 0.05) is 12.2 Å². The van der Waals surface area contributed by atoms with E-state index in [4.69, 9.17) is 0 Å². The zero-order chi connectivity index (χ0) is 13.7. The highest BCUT2D eigenvalue weighted by Crippen LogP contribution is 2.14. The summed E-state index contributed by atoms with van der Waals surface area (Å²) < 4.78 is 2.05. The van der Waals surface area contributed by atoms with Crippen LogP contribution in [0.4, 0.5) is 0 Å². The SMILES string of the molecule is CCCCCC(C)NC(C)c1nnc2ccccn12. The molecule has 0 radical (unpaired) electrons. The largest absolute Gasteiger partial charge is 0.305 e. The number of rotatable bonds is 7. The van der Waals surface area contributed by atoms with E-state index in [9.17, 15) is 0 Å². The third-order valence-corrected chi connectivity index (χ3v) is 3.50. The van der Waals surface area contributed by atoms with Gasteiger partial charge in [0.25, 0.3) is 0 Å². The smallest absolute Gasteiger partial charge is 0.160 e. The van der Waals surface area contributed by atoms with Gasteiger partial charge in [-0.05, 0) is 32.4 Å². The number of nitrogens with one attached hydrogen (secondary N) is 1. The standard InChI is InChI=1S/C15H24N4/c1-4-5-6-9-12(2)16-13(3)15-18-17-14-10-7-8-11-19(14)15/h7-8,10-13,16H,4-6,9H2,1-3H3. The summed E-state index contributed by atoms with van der Waals surface area (Å²) in [7, 11) is 0. The second-order valence-electron chi connectivity index (χ2n) is 5.27. The molecule has 0 aliphatic rings. The van der Waals surface area contributed by atoms with Gasteiger partial charge in [0.15, 0.2) is 11.5 Å². The number of hydrogen-bond donors (Lipinski definition) is 1. The van der Waals surface area contributed by atoms with Crippen LogP contribution in [0.5, 0.6) is 0 Å². The first-order valence-corrected chi connectivity index (χ1v) is 7.28. The number of pyridine rings is 1. The summed E-state index contributed by atoms with van der Waals surface area (Å²) in [6.07, 6.45) is 7.11. The molecule has 0 amide bonds. The molecule has 0 spiro atoms. The van der Waals surface area contributed by atoms with E-state index in [2.05, 4.69) is 40.7 Å². The Balaban J connectivity index is 1.97. The zero-order valence-electron chi connectivity index (χ0n) is 12.1. The Hall–Kier alpha value is -1.42. The normalized spacial score (nSPS) is 14.7. The molecule has 0 aliphatic carbocycles. The Kier molecular flexibility index (Phi) is 4.91. The highest BCUT2D eigenvalue weighted by Gasteiger charge is 2.14. The Morgan fingerprint density at radius 3 is 2.84 bits per heavy atom. The van der Waals surface area contributed by atoms with E-state index >= 15 is 0 Å².